The lowest BCUT2D eigenvalue weighted by molar-refractivity contribution is -0.119. The summed E-state index contributed by atoms with van der Waals surface area (Å²) in [5.74, 6) is 0.144. The molecule has 1 aliphatic rings. The van der Waals surface area contributed by atoms with Gasteiger partial charge in [0.05, 0.1) is 0 Å². The largest absolute Gasteiger partial charge is 0.358 e. The van der Waals surface area contributed by atoms with Crippen LogP contribution in [0, 0.1) is 6.92 Å². The number of hydrogen-bond donors (Lipinski definition) is 2. The van der Waals surface area contributed by atoms with Crippen LogP contribution in [-0.2, 0) is 4.79 Å². The van der Waals surface area contributed by atoms with Gasteiger partial charge in [-0.3, -0.25) is 4.79 Å². The first kappa shape index (κ1) is 9.39. The standard InChI is InChI=1S/C8H12N4OS/c1-5-11-12-8(14-5)9-4-6-2-3-7(13)10-6/h6H,2-4H2,1H3,(H,9,12)(H,10,13). The summed E-state index contributed by atoms with van der Waals surface area (Å²) in [7, 11) is 0. The highest BCUT2D eigenvalue weighted by Crippen LogP contribution is 2.14. The van der Waals surface area contributed by atoms with Crippen LogP contribution in [0.1, 0.15) is 17.8 Å². The minimum Gasteiger partial charge on any atom is -0.358 e. The van der Waals surface area contributed by atoms with E-state index >= 15 is 0 Å². The molecule has 1 atom stereocenters. The van der Waals surface area contributed by atoms with Crippen LogP contribution >= 0.6 is 11.3 Å². The van der Waals surface area contributed by atoms with Crippen LogP contribution in [0.4, 0.5) is 5.13 Å². The topological polar surface area (TPSA) is 66.9 Å². The van der Waals surface area contributed by atoms with Crippen LogP contribution in [0.25, 0.3) is 0 Å². The zero-order valence-electron chi connectivity index (χ0n) is 7.91. The highest BCUT2D eigenvalue weighted by atomic mass is 32.1. The number of aryl methyl sites for hydroxylation is 1. The molecule has 1 aliphatic heterocycles. The minimum absolute atomic E-state index is 0.144. The van der Waals surface area contributed by atoms with E-state index in [-0.39, 0.29) is 11.9 Å². The average molecular weight is 212 g/mol. The molecule has 1 saturated heterocycles. The summed E-state index contributed by atoms with van der Waals surface area (Å²) in [6.45, 7) is 2.65. The molecular formula is C8H12N4OS. The van der Waals surface area contributed by atoms with Crippen molar-refractivity contribution in [3.8, 4) is 0 Å². The van der Waals surface area contributed by atoms with Gasteiger partial charge in [-0.25, -0.2) is 0 Å². The van der Waals surface area contributed by atoms with Crippen LogP contribution < -0.4 is 10.6 Å². The summed E-state index contributed by atoms with van der Waals surface area (Å²) in [5.41, 5.74) is 0. The molecule has 0 saturated carbocycles. The van der Waals surface area contributed by atoms with Gasteiger partial charge in [0.25, 0.3) is 0 Å². The molecule has 6 heteroatoms. The predicted molar refractivity (Wildman–Crippen MR) is 54.3 cm³/mol. The van der Waals surface area contributed by atoms with Crippen molar-refractivity contribution in [1.82, 2.24) is 15.5 Å². The molecule has 2 N–H and O–H groups in total. The number of aromatic nitrogens is 2. The van der Waals surface area contributed by atoms with Crippen molar-refractivity contribution >= 4 is 22.4 Å². The highest BCUT2D eigenvalue weighted by Gasteiger charge is 2.20. The fraction of sp³-hybridized carbons (Fsp3) is 0.625. The molecule has 0 radical (unpaired) electrons. The lowest BCUT2D eigenvalue weighted by Crippen LogP contribution is -2.31. The summed E-state index contributed by atoms with van der Waals surface area (Å²) in [6.07, 6.45) is 1.55. The average Bonchev–Trinajstić information content (AvgIpc) is 2.72. The van der Waals surface area contributed by atoms with Crippen LogP contribution in [0.15, 0.2) is 0 Å². The fourth-order valence-corrected chi connectivity index (χ4v) is 2.01. The van der Waals surface area contributed by atoms with Crippen LogP contribution in [0.2, 0.25) is 0 Å². The Morgan fingerprint density at radius 3 is 3.07 bits per heavy atom. The Kier molecular flexibility index (Phi) is 2.62. The van der Waals surface area contributed by atoms with Gasteiger partial charge in [0.15, 0.2) is 0 Å². The van der Waals surface area contributed by atoms with E-state index in [1.165, 1.54) is 11.3 Å². The molecule has 0 aromatic carbocycles. The van der Waals surface area contributed by atoms with E-state index in [0.717, 1.165) is 23.1 Å². The second-order valence-electron chi connectivity index (χ2n) is 3.31. The highest BCUT2D eigenvalue weighted by molar-refractivity contribution is 7.15. The van der Waals surface area contributed by atoms with Crippen LogP contribution in [-0.4, -0.2) is 28.7 Å². The first-order valence-corrected chi connectivity index (χ1v) is 5.39. The number of rotatable bonds is 3. The summed E-state index contributed by atoms with van der Waals surface area (Å²) >= 11 is 1.53. The number of carbonyl (C=O) groups is 1. The molecule has 76 valence electrons. The molecule has 1 fully saturated rings. The van der Waals surface area contributed by atoms with E-state index in [1.54, 1.807) is 0 Å². The zero-order valence-corrected chi connectivity index (χ0v) is 8.73. The normalized spacial score (nSPS) is 20.9. The number of carbonyl (C=O) groups excluding carboxylic acids is 1. The summed E-state index contributed by atoms with van der Waals surface area (Å²) in [4.78, 5) is 10.9. The second-order valence-corrected chi connectivity index (χ2v) is 4.49. The SMILES string of the molecule is Cc1nnc(NCC2CCC(=O)N2)s1. The Labute approximate surface area is 85.9 Å². The molecule has 1 aromatic rings. The summed E-state index contributed by atoms with van der Waals surface area (Å²) in [5, 5.41) is 15.7. The van der Waals surface area contributed by atoms with Gasteiger partial charge in [-0.05, 0) is 13.3 Å². The Morgan fingerprint density at radius 1 is 1.64 bits per heavy atom. The van der Waals surface area contributed by atoms with Crippen molar-refractivity contribution in [2.75, 3.05) is 11.9 Å². The van der Waals surface area contributed by atoms with E-state index in [9.17, 15) is 4.79 Å². The third-order valence-corrected chi connectivity index (χ3v) is 2.91. The van der Waals surface area contributed by atoms with Gasteiger partial charge >= 0.3 is 0 Å². The number of anilines is 1. The molecule has 0 bridgehead atoms. The maximum absolute atomic E-state index is 10.9. The van der Waals surface area contributed by atoms with Crippen molar-refractivity contribution < 1.29 is 4.79 Å². The van der Waals surface area contributed by atoms with Gasteiger partial charge in [-0.1, -0.05) is 11.3 Å². The predicted octanol–water partition coefficient (Wildman–Crippen LogP) is 0.537. The molecule has 1 amide bonds. The van der Waals surface area contributed by atoms with Crippen molar-refractivity contribution in [3.05, 3.63) is 5.01 Å². The van der Waals surface area contributed by atoms with Gasteiger partial charge in [0.1, 0.15) is 5.01 Å². The Hall–Kier alpha value is -1.17. The maximum Gasteiger partial charge on any atom is 0.220 e. The Morgan fingerprint density at radius 2 is 2.50 bits per heavy atom. The smallest absolute Gasteiger partial charge is 0.220 e. The molecule has 5 nitrogen and oxygen atoms in total. The first-order chi connectivity index (χ1) is 6.74. The zero-order chi connectivity index (χ0) is 9.97. The number of amides is 1. The first-order valence-electron chi connectivity index (χ1n) is 4.57. The number of hydrogen-bond acceptors (Lipinski definition) is 5. The van der Waals surface area contributed by atoms with Crippen molar-refractivity contribution in [1.29, 1.82) is 0 Å². The molecule has 14 heavy (non-hydrogen) atoms. The van der Waals surface area contributed by atoms with Crippen molar-refractivity contribution in [2.24, 2.45) is 0 Å². The van der Waals surface area contributed by atoms with E-state index < -0.39 is 0 Å². The minimum atomic E-state index is 0.144. The maximum atomic E-state index is 10.9. The third kappa shape index (κ3) is 2.20. The lowest BCUT2D eigenvalue weighted by Gasteiger charge is -2.09. The number of nitrogens with one attached hydrogen (secondary N) is 2. The van der Waals surface area contributed by atoms with Crippen LogP contribution in [0.5, 0.6) is 0 Å². The van der Waals surface area contributed by atoms with E-state index in [1.807, 2.05) is 6.92 Å². The number of nitrogens with zero attached hydrogens (tertiary/aromatic N) is 2. The van der Waals surface area contributed by atoms with E-state index in [4.69, 9.17) is 0 Å². The van der Waals surface area contributed by atoms with Gasteiger partial charge in [-0.15, -0.1) is 10.2 Å². The molecule has 2 rings (SSSR count). The Bertz CT molecular complexity index is 338. The fourth-order valence-electron chi connectivity index (χ4n) is 1.41. The van der Waals surface area contributed by atoms with Crippen LogP contribution in [0.3, 0.4) is 0 Å². The van der Waals surface area contributed by atoms with Gasteiger partial charge in [0, 0.05) is 19.0 Å². The molecule has 0 aliphatic carbocycles. The quantitative estimate of drug-likeness (QED) is 0.767. The molecule has 2 heterocycles. The monoisotopic (exact) mass is 212 g/mol. The van der Waals surface area contributed by atoms with Gasteiger partial charge in [-0.2, -0.15) is 0 Å². The lowest BCUT2D eigenvalue weighted by atomic mass is 10.2. The molecule has 0 spiro atoms. The van der Waals surface area contributed by atoms with Crippen molar-refractivity contribution in [2.45, 2.75) is 25.8 Å². The van der Waals surface area contributed by atoms with Crippen molar-refractivity contribution in [3.63, 3.8) is 0 Å². The third-order valence-electron chi connectivity index (χ3n) is 2.11. The molecule has 1 aromatic heterocycles. The van der Waals surface area contributed by atoms with Gasteiger partial charge in [0.2, 0.25) is 11.0 Å². The summed E-state index contributed by atoms with van der Waals surface area (Å²) in [6, 6.07) is 0.242. The van der Waals surface area contributed by atoms with E-state index in [0.29, 0.717) is 6.42 Å². The van der Waals surface area contributed by atoms with E-state index in [2.05, 4.69) is 20.8 Å². The molecular weight excluding hydrogens is 200 g/mol. The van der Waals surface area contributed by atoms with Gasteiger partial charge < -0.3 is 10.6 Å². The summed E-state index contributed by atoms with van der Waals surface area (Å²) < 4.78 is 0. The second kappa shape index (κ2) is 3.91. The Balaban J connectivity index is 1.80. The molecule has 1 unspecified atom stereocenters.